The molecular formula is C29H32N6O3. The van der Waals surface area contributed by atoms with E-state index in [9.17, 15) is 4.79 Å². The highest BCUT2D eigenvalue weighted by Gasteiger charge is 2.13. The molecule has 0 unspecified atom stereocenters. The summed E-state index contributed by atoms with van der Waals surface area (Å²) in [5.74, 6) is 0.831. The summed E-state index contributed by atoms with van der Waals surface area (Å²) in [6.45, 7) is 0.583. The largest absolute Gasteiger partial charge is 0.492 e. The van der Waals surface area contributed by atoms with Crippen LogP contribution in [0.15, 0.2) is 73.2 Å². The van der Waals surface area contributed by atoms with Gasteiger partial charge in [-0.15, -0.1) is 0 Å². The van der Waals surface area contributed by atoms with Gasteiger partial charge in [0.15, 0.2) is 0 Å². The van der Waals surface area contributed by atoms with E-state index >= 15 is 0 Å². The van der Waals surface area contributed by atoms with Gasteiger partial charge in [-0.05, 0) is 69.8 Å². The van der Waals surface area contributed by atoms with Gasteiger partial charge in [-0.3, -0.25) is 9.78 Å². The van der Waals surface area contributed by atoms with Gasteiger partial charge < -0.3 is 25.0 Å². The molecule has 0 atom stereocenters. The molecule has 0 saturated heterocycles. The van der Waals surface area contributed by atoms with Crippen molar-refractivity contribution in [3.05, 3.63) is 84.5 Å². The normalized spacial score (nSPS) is 12.7. The zero-order valence-corrected chi connectivity index (χ0v) is 21.6. The van der Waals surface area contributed by atoms with Crippen LogP contribution in [0.25, 0.3) is 10.9 Å². The standard InChI is InChI=1S/C29H32N6O3/c1-5-37-27-17-24-23(16-25(27)34-28(36)10-8-14-35(3)4)29(32-19-31-24)33-21-11-12-26(20(2)15-21)38-18-22-9-6-7-13-30-22/h6-13,15-17,19H,5,14,18H2,1-4H3,(H,34,36)(H,31,32,33)/b10-8+/i2D3. The Labute approximate surface area is 226 Å². The number of carbonyl (C=O) groups excluding carboxylic acids is 1. The summed E-state index contributed by atoms with van der Waals surface area (Å²) in [4.78, 5) is 27.5. The molecule has 0 fully saturated rings. The van der Waals surface area contributed by atoms with E-state index in [-0.39, 0.29) is 23.8 Å². The van der Waals surface area contributed by atoms with E-state index in [1.54, 1.807) is 48.7 Å². The van der Waals surface area contributed by atoms with Crippen LogP contribution in [0, 0.1) is 6.85 Å². The molecule has 0 saturated carbocycles. The molecule has 9 nitrogen and oxygen atoms in total. The number of ether oxygens (including phenoxy) is 2. The van der Waals surface area contributed by atoms with Crippen molar-refractivity contribution in [1.29, 1.82) is 0 Å². The molecule has 2 N–H and O–H groups in total. The van der Waals surface area contributed by atoms with E-state index in [4.69, 9.17) is 13.6 Å². The Morgan fingerprint density at radius 2 is 1.97 bits per heavy atom. The third kappa shape index (κ3) is 7.04. The quantitative estimate of drug-likeness (QED) is 0.266. The average Bonchev–Trinajstić information content (AvgIpc) is 2.93. The monoisotopic (exact) mass is 515 g/mol. The minimum absolute atomic E-state index is 0.0490. The topological polar surface area (TPSA) is 102 Å². The number of carbonyl (C=O) groups is 1. The fourth-order valence-electron chi connectivity index (χ4n) is 3.61. The molecule has 2 aromatic carbocycles. The van der Waals surface area contributed by atoms with Gasteiger partial charge in [0.25, 0.3) is 0 Å². The highest BCUT2D eigenvalue weighted by atomic mass is 16.5. The van der Waals surface area contributed by atoms with Crippen LogP contribution in [0.3, 0.4) is 0 Å². The summed E-state index contributed by atoms with van der Waals surface area (Å²) in [5, 5.41) is 6.67. The van der Waals surface area contributed by atoms with Crippen LogP contribution >= 0.6 is 0 Å². The van der Waals surface area contributed by atoms with Gasteiger partial charge in [0.1, 0.15) is 30.3 Å². The van der Waals surface area contributed by atoms with Gasteiger partial charge in [0, 0.05) is 40.1 Å². The molecule has 0 aliphatic heterocycles. The predicted molar refractivity (Wildman–Crippen MR) is 150 cm³/mol. The lowest BCUT2D eigenvalue weighted by Gasteiger charge is -2.15. The second-order valence-corrected chi connectivity index (χ2v) is 8.62. The van der Waals surface area contributed by atoms with Gasteiger partial charge in [-0.2, -0.15) is 0 Å². The Bertz CT molecular complexity index is 1530. The molecule has 0 radical (unpaired) electrons. The average molecular weight is 516 g/mol. The van der Waals surface area contributed by atoms with E-state index in [0.29, 0.717) is 52.7 Å². The van der Waals surface area contributed by atoms with Crippen LogP contribution in [0.1, 0.15) is 22.3 Å². The fraction of sp³-hybridized carbons (Fsp3) is 0.241. The van der Waals surface area contributed by atoms with Gasteiger partial charge in [-0.25, -0.2) is 9.97 Å². The maximum atomic E-state index is 12.6. The lowest BCUT2D eigenvalue weighted by atomic mass is 10.1. The lowest BCUT2D eigenvalue weighted by molar-refractivity contribution is -0.111. The Morgan fingerprint density at radius 3 is 2.74 bits per heavy atom. The van der Waals surface area contributed by atoms with Crippen molar-refractivity contribution >= 4 is 34.0 Å². The second kappa shape index (κ2) is 12.6. The zero-order valence-electron chi connectivity index (χ0n) is 24.6. The number of nitrogens with zero attached hydrogens (tertiary/aromatic N) is 4. The third-order valence-electron chi connectivity index (χ3n) is 5.38. The lowest BCUT2D eigenvalue weighted by Crippen LogP contribution is -2.13. The number of anilines is 3. The molecule has 1 amide bonds. The number of hydrogen-bond donors (Lipinski definition) is 2. The maximum absolute atomic E-state index is 12.6. The maximum Gasteiger partial charge on any atom is 0.248 e. The number of hydrogen-bond acceptors (Lipinski definition) is 8. The number of fused-ring (bicyclic) bond motifs is 1. The molecule has 196 valence electrons. The van der Waals surface area contributed by atoms with Gasteiger partial charge in [0.05, 0.1) is 23.5 Å². The Morgan fingerprint density at radius 1 is 1.08 bits per heavy atom. The van der Waals surface area contributed by atoms with Crippen LogP contribution < -0.4 is 20.1 Å². The molecule has 0 spiro atoms. The van der Waals surface area contributed by atoms with Crippen LogP contribution in [0.5, 0.6) is 11.5 Å². The van der Waals surface area contributed by atoms with Gasteiger partial charge in [0.2, 0.25) is 5.91 Å². The summed E-state index contributed by atoms with van der Waals surface area (Å²) >= 11 is 0. The minimum Gasteiger partial charge on any atom is -0.492 e. The molecule has 2 heterocycles. The van der Waals surface area contributed by atoms with Crippen molar-refractivity contribution in [3.8, 4) is 11.5 Å². The molecule has 0 aliphatic rings. The third-order valence-corrected chi connectivity index (χ3v) is 5.38. The summed E-state index contributed by atoms with van der Waals surface area (Å²) < 4.78 is 35.7. The Balaban J connectivity index is 1.64. The zero-order chi connectivity index (χ0) is 29.4. The number of amides is 1. The smallest absolute Gasteiger partial charge is 0.248 e. The number of nitrogens with one attached hydrogen (secondary N) is 2. The van der Waals surface area contributed by atoms with E-state index in [1.165, 1.54) is 18.5 Å². The number of aromatic nitrogens is 3. The molecule has 0 aliphatic carbocycles. The van der Waals surface area contributed by atoms with Crippen molar-refractivity contribution in [2.24, 2.45) is 0 Å². The molecule has 4 aromatic rings. The van der Waals surface area contributed by atoms with Crippen molar-refractivity contribution in [2.45, 2.75) is 20.4 Å². The van der Waals surface area contributed by atoms with E-state index < -0.39 is 6.85 Å². The first-order chi connectivity index (χ1) is 19.6. The predicted octanol–water partition coefficient (Wildman–Crippen LogP) is 5.11. The number of aryl methyl sites for hydroxylation is 1. The SMILES string of the molecule is [2H]C([2H])([2H])c1cc(Nc2ncnc3cc(OCC)c(NC(=O)/C=C/CN(C)C)cc23)ccc1OCc1ccccn1. The van der Waals surface area contributed by atoms with Crippen LogP contribution in [0.4, 0.5) is 17.2 Å². The number of pyridine rings is 1. The van der Waals surface area contributed by atoms with Crippen LogP contribution in [-0.4, -0.2) is 53.0 Å². The molecule has 4 rings (SSSR count). The first-order valence-corrected chi connectivity index (χ1v) is 12.1. The molecule has 2 aromatic heterocycles. The second-order valence-electron chi connectivity index (χ2n) is 8.62. The molecule has 38 heavy (non-hydrogen) atoms. The summed E-state index contributed by atoms with van der Waals surface area (Å²) in [6, 6.07) is 13.7. The first-order valence-electron chi connectivity index (χ1n) is 13.6. The Hall–Kier alpha value is -4.50. The van der Waals surface area contributed by atoms with Crippen LogP contribution in [-0.2, 0) is 11.4 Å². The fourth-order valence-corrected chi connectivity index (χ4v) is 3.61. The number of likely N-dealkylation sites (N-methyl/N-ethyl adjacent to an activating group) is 1. The Kier molecular flexibility index (Phi) is 7.55. The molecule has 0 bridgehead atoms. The van der Waals surface area contributed by atoms with Crippen molar-refractivity contribution in [1.82, 2.24) is 19.9 Å². The highest BCUT2D eigenvalue weighted by Crippen LogP contribution is 2.34. The molecule has 9 heteroatoms. The van der Waals surface area contributed by atoms with Gasteiger partial charge in [-0.1, -0.05) is 12.1 Å². The minimum atomic E-state index is -2.42. The van der Waals surface area contributed by atoms with E-state index in [0.717, 1.165) is 0 Å². The number of rotatable bonds is 11. The van der Waals surface area contributed by atoms with E-state index in [1.807, 2.05) is 32.0 Å². The summed E-state index contributed by atoms with van der Waals surface area (Å²) in [7, 11) is 3.83. The molecular weight excluding hydrogens is 480 g/mol. The first kappa shape index (κ1) is 22.7. The number of benzene rings is 2. The summed E-state index contributed by atoms with van der Waals surface area (Å²) in [6.07, 6.45) is 6.28. The van der Waals surface area contributed by atoms with Crippen molar-refractivity contribution < 1.29 is 18.4 Å². The van der Waals surface area contributed by atoms with Gasteiger partial charge >= 0.3 is 0 Å². The highest BCUT2D eigenvalue weighted by molar-refractivity contribution is 6.03. The van der Waals surface area contributed by atoms with Crippen molar-refractivity contribution in [3.63, 3.8) is 0 Å². The van der Waals surface area contributed by atoms with Crippen molar-refractivity contribution in [2.75, 3.05) is 37.9 Å². The van der Waals surface area contributed by atoms with Crippen LogP contribution in [0.2, 0.25) is 0 Å². The summed E-state index contributed by atoms with van der Waals surface area (Å²) in [5.41, 5.74) is 2.26. The van der Waals surface area contributed by atoms with E-state index in [2.05, 4.69) is 25.6 Å².